The first-order valence-electron chi connectivity index (χ1n) is 16.6. The second-order valence-corrected chi connectivity index (χ2v) is 14.2. The van der Waals surface area contributed by atoms with Crippen LogP contribution >= 0.6 is 0 Å². The van der Waals surface area contributed by atoms with Crippen molar-refractivity contribution in [2.24, 2.45) is 17.3 Å². The predicted molar refractivity (Wildman–Crippen MR) is 175 cm³/mol. The number of benzene rings is 1. The Balaban J connectivity index is 1.03. The summed E-state index contributed by atoms with van der Waals surface area (Å²) in [4.78, 5) is 64.5. The van der Waals surface area contributed by atoms with Crippen LogP contribution in [-0.2, 0) is 27.4 Å². The minimum atomic E-state index is -0.795. The molecule has 5 rings (SSSR count). The second kappa shape index (κ2) is 14.3. The minimum absolute atomic E-state index is 0.0321. The van der Waals surface area contributed by atoms with Crippen molar-refractivity contribution in [2.75, 3.05) is 6.54 Å². The van der Waals surface area contributed by atoms with Gasteiger partial charge in [-0.2, -0.15) is 0 Å². The molecule has 2 amide bonds. The molecule has 3 heterocycles. The van der Waals surface area contributed by atoms with Gasteiger partial charge in [0, 0.05) is 12.6 Å². The highest BCUT2D eigenvalue weighted by molar-refractivity contribution is 5.92. The highest BCUT2D eigenvalue weighted by Gasteiger charge is 2.45. The largest absolute Gasteiger partial charge is 0.484 e. The monoisotopic (exact) mass is 649 g/mol. The van der Waals surface area contributed by atoms with Gasteiger partial charge in [-0.3, -0.25) is 14.4 Å². The molecule has 254 valence electrons. The molecular weight excluding hydrogens is 602 g/mol. The number of Topliss-reactive ketones (excluding diaryl/α,β-unsaturated/α-hetero) is 1. The van der Waals surface area contributed by atoms with Gasteiger partial charge in [0.25, 0.3) is 5.56 Å². The van der Waals surface area contributed by atoms with Gasteiger partial charge in [0.05, 0.1) is 23.3 Å². The van der Waals surface area contributed by atoms with E-state index in [9.17, 15) is 19.2 Å². The van der Waals surface area contributed by atoms with Gasteiger partial charge in [-0.15, -0.1) is 0 Å². The molecule has 5 unspecified atom stereocenters. The lowest BCUT2D eigenvalue weighted by Crippen LogP contribution is -2.57. The van der Waals surface area contributed by atoms with Crippen LogP contribution in [-0.4, -0.2) is 62.4 Å². The normalized spacial score (nSPS) is 21.4. The molecule has 1 aliphatic carbocycles. The van der Waals surface area contributed by atoms with Gasteiger partial charge in [0.2, 0.25) is 11.8 Å². The number of fused-ring (bicyclic) bond motifs is 1. The molecule has 1 aliphatic heterocycles. The number of aromatic amines is 1. The Morgan fingerprint density at radius 2 is 1.98 bits per heavy atom. The van der Waals surface area contributed by atoms with Crippen molar-refractivity contribution in [1.29, 1.82) is 0 Å². The number of hydrogen-bond donors (Lipinski definition) is 2. The summed E-state index contributed by atoms with van der Waals surface area (Å²) in [6, 6.07) is 4.12. The Hall–Kier alpha value is -4.22. The van der Waals surface area contributed by atoms with E-state index in [0.717, 1.165) is 38.5 Å². The lowest BCUT2D eigenvalue weighted by Gasteiger charge is -2.35. The lowest BCUT2D eigenvalue weighted by atomic mass is 9.85. The van der Waals surface area contributed by atoms with Gasteiger partial charge >= 0.3 is 6.09 Å². The minimum Gasteiger partial charge on any atom is -0.484 e. The fraction of sp³-hybridized carbons (Fsp3) is 0.600. The van der Waals surface area contributed by atoms with E-state index < -0.39 is 23.6 Å². The van der Waals surface area contributed by atoms with Gasteiger partial charge in [-0.05, 0) is 75.3 Å². The van der Waals surface area contributed by atoms with Crippen LogP contribution in [0.15, 0.2) is 33.6 Å². The van der Waals surface area contributed by atoms with E-state index in [4.69, 9.17) is 13.9 Å². The average Bonchev–Trinajstić information content (AvgIpc) is 3.38. The molecule has 5 atom stereocenters. The number of oxazole rings is 1. The van der Waals surface area contributed by atoms with Crippen molar-refractivity contribution in [2.45, 2.75) is 111 Å². The molecule has 1 aromatic carbocycles. The maximum absolute atomic E-state index is 13.5. The zero-order valence-electron chi connectivity index (χ0n) is 28.3. The lowest BCUT2D eigenvalue weighted by molar-refractivity contribution is -0.141. The molecule has 0 radical (unpaired) electrons. The number of nitrogens with one attached hydrogen (secondary N) is 2. The SMILES string of the molecule is CC(=O)C1C(C)CCN1C(=O)C(NC(=O)OC1CC1CCCCCc1nc2ccc(OCc3ncc(C)o3)cc2[nH]c1=O)C(C)(C)C. The van der Waals surface area contributed by atoms with E-state index in [1.807, 2.05) is 40.7 Å². The van der Waals surface area contributed by atoms with Crippen molar-refractivity contribution in [1.82, 2.24) is 25.2 Å². The molecule has 2 N–H and O–H groups in total. The topological polar surface area (TPSA) is 157 Å². The van der Waals surface area contributed by atoms with Crippen molar-refractivity contribution >= 4 is 28.8 Å². The van der Waals surface area contributed by atoms with Crippen LogP contribution in [0, 0.1) is 24.2 Å². The summed E-state index contributed by atoms with van der Waals surface area (Å²) in [5.41, 5.74) is 1.05. The molecule has 1 saturated heterocycles. The number of aromatic nitrogens is 3. The predicted octanol–water partition coefficient (Wildman–Crippen LogP) is 5.26. The summed E-state index contributed by atoms with van der Waals surface area (Å²) in [7, 11) is 0. The second-order valence-electron chi connectivity index (χ2n) is 14.2. The zero-order valence-corrected chi connectivity index (χ0v) is 28.3. The number of likely N-dealkylation sites (tertiary alicyclic amines) is 1. The number of aryl methyl sites for hydroxylation is 2. The van der Waals surface area contributed by atoms with Gasteiger partial charge < -0.3 is 29.1 Å². The van der Waals surface area contributed by atoms with Crippen LogP contribution in [0.2, 0.25) is 0 Å². The number of rotatable bonds is 13. The van der Waals surface area contributed by atoms with Crippen LogP contribution in [0.5, 0.6) is 5.75 Å². The summed E-state index contributed by atoms with van der Waals surface area (Å²) >= 11 is 0. The fourth-order valence-corrected chi connectivity index (χ4v) is 6.44. The molecule has 1 saturated carbocycles. The third-order valence-corrected chi connectivity index (χ3v) is 9.14. The number of carbonyl (C=O) groups is 3. The van der Waals surface area contributed by atoms with Crippen LogP contribution in [0.4, 0.5) is 4.79 Å². The Labute approximate surface area is 275 Å². The molecule has 3 aromatic rings. The first-order valence-corrected chi connectivity index (χ1v) is 16.6. The van der Waals surface area contributed by atoms with Gasteiger partial charge in [0.15, 0.2) is 12.4 Å². The van der Waals surface area contributed by atoms with Gasteiger partial charge in [0.1, 0.15) is 29.3 Å². The molecule has 2 fully saturated rings. The van der Waals surface area contributed by atoms with Crippen molar-refractivity contribution in [3.8, 4) is 5.75 Å². The molecular formula is C35H47N5O7. The molecule has 12 nitrogen and oxygen atoms in total. The Kier molecular flexibility index (Phi) is 10.4. The number of nitrogens with zero attached hydrogens (tertiary/aromatic N) is 3. The van der Waals surface area contributed by atoms with Gasteiger partial charge in [-0.25, -0.2) is 14.8 Å². The Morgan fingerprint density at radius 3 is 2.68 bits per heavy atom. The van der Waals surface area contributed by atoms with Crippen molar-refractivity contribution < 1.29 is 28.3 Å². The number of hydrogen-bond acceptors (Lipinski definition) is 9. The molecule has 47 heavy (non-hydrogen) atoms. The summed E-state index contributed by atoms with van der Waals surface area (Å²) < 4.78 is 16.8. The molecule has 12 heteroatoms. The summed E-state index contributed by atoms with van der Waals surface area (Å²) in [6.45, 7) is 11.7. The maximum Gasteiger partial charge on any atom is 0.408 e. The third kappa shape index (κ3) is 8.58. The van der Waals surface area contributed by atoms with Crippen LogP contribution in [0.1, 0.15) is 90.5 Å². The molecule has 0 spiro atoms. The van der Waals surface area contributed by atoms with Crippen molar-refractivity contribution in [3.05, 3.63) is 52.1 Å². The van der Waals surface area contributed by atoms with Crippen molar-refractivity contribution in [3.63, 3.8) is 0 Å². The van der Waals surface area contributed by atoms with E-state index >= 15 is 0 Å². The zero-order chi connectivity index (χ0) is 33.9. The number of carbonyl (C=O) groups excluding carboxylic acids is 3. The standard InChI is InChI=1S/C35H47N5O7/c1-20-14-15-40(30(20)22(3)41)33(43)31(35(4,5)6)39-34(44)47-28-16-23(28)10-8-7-9-11-26-32(42)38-27-17-24(12-13-25(27)37-26)45-19-29-36-18-21(2)46-29/h12-13,17-18,20,23,28,30-31H,7-11,14-16,19H2,1-6H3,(H,38,42)(H,39,44). The number of H-pyrrole nitrogens is 1. The molecule has 2 aromatic heterocycles. The number of ketones is 1. The number of amides is 2. The smallest absolute Gasteiger partial charge is 0.408 e. The average molecular weight is 650 g/mol. The first-order chi connectivity index (χ1) is 22.3. The van der Waals surface area contributed by atoms with E-state index in [2.05, 4.69) is 20.3 Å². The van der Waals surface area contributed by atoms with E-state index in [-0.39, 0.29) is 41.8 Å². The quantitative estimate of drug-likeness (QED) is 0.236. The number of unbranched alkanes of at least 4 members (excludes halogenated alkanes) is 2. The van der Waals surface area contributed by atoms with E-state index in [1.54, 1.807) is 23.2 Å². The molecule has 2 aliphatic rings. The first kappa shape index (κ1) is 34.1. The fourth-order valence-electron chi connectivity index (χ4n) is 6.44. The molecule has 0 bridgehead atoms. The summed E-state index contributed by atoms with van der Waals surface area (Å²) in [6.07, 6.45) is 6.63. The van der Waals surface area contributed by atoms with E-state index in [1.165, 1.54) is 6.92 Å². The van der Waals surface area contributed by atoms with Crippen LogP contribution in [0.25, 0.3) is 11.0 Å². The number of ether oxygens (including phenoxy) is 2. The highest BCUT2D eigenvalue weighted by Crippen LogP contribution is 2.38. The van der Waals surface area contributed by atoms with Crippen LogP contribution < -0.4 is 15.6 Å². The summed E-state index contributed by atoms with van der Waals surface area (Å²) in [5, 5.41) is 2.81. The van der Waals surface area contributed by atoms with Gasteiger partial charge in [-0.1, -0.05) is 40.5 Å². The highest BCUT2D eigenvalue weighted by atomic mass is 16.6. The Morgan fingerprint density at radius 1 is 1.19 bits per heavy atom. The third-order valence-electron chi connectivity index (χ3n) is 9.14. The summed E-state index contributed by atoms with van der Waals surface area (Å²) in [5.74, 6) is 1.89. The van der Waals surface area contributed by atoms with E-state index in [0.29, 0.717) is 47.1 Å². The number of alkyl carbamates (subject to hydrolysis) is 1. The van der Waals surface area contributed by atoms with Crippen LogP contribution in [0.3, 0.4) is 0 Å². The Bertz CT molecular complexity index is 1660. The maximum atomic E-state index is 13.5.